The van der Waals surface area contributed by atoms with E-state index < -0.39 is 15.8 Å². The molecule has 0 saturated heterocycles. The van der Waals surface area contributed by atoms with Crippen LogP contribution in [-0.4, -0.2) is 30.8 Å². The van der Waals surface area contributed by atoms with Gasteiger partial charge in [0.25, 0.3) is 5.91 Å². The number of nitrogens with zero attached hydrogens (tertiary/aromatic N) is 1. The van der Waals surface area contributed by atoms with Crippen LogP contribution < -0.4 is 5.14 Å². The van der Waals surface area contributed by atoms with Crippen LogP contribution in [0.15, 0.2) is 41.3 Å². The second-order valence-corrected chi connectivity index (χ2v) is 8.33. The van der Waals surface area contributed by atoms with E-state index in [0.29, 0.717) is 35.1 Å². The maximum absolute atomic E-state index is 13.7. The number of sulfonamides is 1. The topological polar surface area (TPSA) is 96.3 Å². The predicted octanol–water partition coefficient (Wildman–Crippen LogP) is 2.46. The number of primary sulfonamides is 1. The Bertz CT molecular complexity index is 1180. The van der Waals surface area contributed by atoms with E-state index in [1.807, 2.05) is 0 Å². The molecule has 8 heteroatoms. The van der Waals surface area contributed by atoms with Crippen molar-refractivity contribution in [1.82, 2.24) is 9.88 Å². The molecule has 4 rings (SSSR count). The zero-order valence-corrected chi connectivity index (χ0v) is 15.4. The van der Waals surface area contributed by atoms with Gasteiger partial charge in [-0.15, -0.1) is 0 Å². The summed E-state index contributed by atoms with van der Waals surface area (Å²) in [5.41, 5.74) is 3.56. The van der Waals surface area contributed by atoms with Gasteiger partial charge < -0.3 is 9.88 Å². The summed E-state index contributed by atoms with van der Waals surface area (Å²) in [6, 6.07) is 9.05. The molecule has 0 saturated carbocycles. The minimum atomic E-state index is -3.81. The van der Waals surface area contributed by atoms with Gasteiger partial charge in [0.05, 0.1) is 10.5 Å². The van der Waals surface area contributed by atoms with E-state index >= 15 is 0 Å². The van der Waals surface area contributed by atoms with E-state index in [-0.39, 0.29) is 17.3 Å². The van der Waals surface area contributed by atoms with Crippen LogP contribution in [0.4, 0.5) is 4.39 Å². The lowest BCUT2D eigenvalue weighted by Gasteiger charge is -2.29. The van der Waals surface area contributed by atoms with Gasteiger partial charge in [-0.25, -0.2) is 17.9 Å². The van der Waals surface area contributed by atoms with Gasteiger partial charge in [-0.3, -0.25) is 4.79 Å². The molecular weight excluding hydrogens is 369 g/mol. The van der Waals surface area contributed by atoms with Gasteiger partial charge in [0, 0.05) is 29.7 Å². The third kappa shape index (κ3) is 3.11. The smallest absolute Gasteiger partial charge is 0.256 e. The first-order valence-corrected chi connectivity index (χ1v) is 10.0. The molecular formula is C19H18FN3O3S. The molecule has 27 heavy (non-hydrogen) atoms. The van der Waals surface area contributed by atoms with Crippen molar-refractivity contribution in [3.63, 3.8) is 0 Å². The highest BCUT2D eigenvalue weighted by molar-refractivity contribution is 7.89. The number of amides is 1. The number of aromatic nitrogens is 1. The first-order chi connectivity index (χ1) is 12.7. The van der Waals surface area contributed by atoms with Crippen molar-refractivity contribution >= 4 is 26.8 Å². The van der Waals surface area contributed by atoms with E-state index in [2.05, 4.69) is 4.98 Å². The van der Waals surface area contributed by atoms with Crippen LogP contribution >= 0.6 is 0 Å². The quantitative estimate of drug-likeness (QED) is 0.707. The summed E-state index contributed by atoms with van der Waals surface area (Å²) >= 11 is 0. The van der Waals surface area contributed by atoms with Crippen molar-refractivity contribution < 1.29 is 17.6 Å². The minimum Gasteiger partial charge on any atom is -0.358 e. The van der Waals surface area contributed by atoms with Gasteiger partial charge in [0.2, 0.25) is 10.0 Å². The Hall–Kier alpha value is -2.71. The number of fused-ring (bicyclic) bond motifs is 2. The highest BCUT2D eigenvalue weighted by Crippen LogP contribution is 2.28. The largest absolute Gasteiger partial charge is 0.358 e. The van der Waals surface area contributed by atoms with E-state index in [1.165, 1.54) is 24.3 Å². The molecule has 1 amide bonds. The number of carbonyl (C=O) groups is 1. The number of nitrogens with one attached hydrogen (secondary N) is 1. The van der Waals surface area contributed by atoms with Crippen molar-refractivity contribution in [1.29, 1.82) is 0 Å². The zero-order valence-electron chi connectivity index (χ0n) is 14.6. The maximum atomic E-state index is 13.7. The van der Waals surface area contributed by atoms with Crippen molar-refractivity contribution in [3.05, 3.63) is 64.6 Å². The van der Waals surface area contributed by atoms with Gasteiger partial charge in [0.15, 0.2) is 0 Å². The Labute approximate surface area is 155 Å². The minimum absolute atomic E-state index is 0.0286. The fourth-order valence-electron chi connectivity index (χ4n) is 3.62. The van der Waals surface area contributed by atoms with Gasteiger partial charge in [-0.05, 0) is 54.8 Å². The van der Waals surface area contributed by atoms with Crippen LogP contribution in [0.5, 0.6) is 0 Å². The summed E-state index contributed by atoms with van der Waals surface area (Å²) in [6.07, 6.45) is 0.613. The lowest BCUT2D eigenvalue weighted by molar-refractivity contribution is 0.0736. The molecule has 0 spiro atoms. The number of carbonyl (C=O) groups excluding carboxylic acids is 1. The molecule has 0 bridgehead atoms. The average molecular weight is 387 g/mol. The van der Waals surface area contributed by atoms with Gasteiger partial charge in [0.1, 0.15) is 5.82 Å². The van der Waals surface area contributed by atoms with Crippen LogP contribution in [0, 0.1) is 12.7 Å². The predicted molar refractivity (Wildman–Crippen MR) is 99.3 cm³/mol. The number of hydrogen-bond donors (Lipinski definition) is 2. The molecule has 6 nitrogen and oxygen atoms in total. The average Bonchev–Trinajstić information content (AvgIpc) is 2.94. The monoisotopic (exact) mass is 387 g/mol. The van der Waals surface area contributed by atoms with Gasteiger partial charge in [-0.2, -0.15) is 0 Å². The number of rotatable bonds is 2. The van der Waals surface area contributed by atoms with Crippen LogP contribution in [-0.2, 0) is 23.0 Å². The van der Waals surface area contributed by atoms with E-state index in [0.717, 1.165) is 11.1 Å². The Balaban J connectivity index is 1.71. The van der Waals surface area contributed by atoms with Crippen molar-refractivity contribution in [2.75, 3.05) is 6.54 Å². The van der Waals surface area contributed by atoms with Crippen LogP contribution in [0.1, 0.15) is 27.2 Å². The third-order valence-electron chi connectivity index (χ3n) is 4.97. The summed E-state index contributed by atoms with van der Waals surface area (Å²) in [7, 11) is -3.81. The van der Waals surface area contributed by atoms with Crippen LogP contribution in [0.3, 0.4) is 0 Å². The summed E-state index contributed by atoms with van der Waals surface area (Å²) in [4.78, 5) is 17.9. The molecule has 0 atom stereocenters. The van der Waals surface area contributed by atoms with Crippen molar-refractivity contribution in [2.45, 2.75) is 24.8 Å². The number of H-pyrrole nitrogens is 1. The Kier molecular flexibility index (Phi) is 4.05. The molecule has 0 unspecified atom stereocenters. The Morgan fingerprint density at radius 1 is 1.19 bits per heavy atom. The number of hydrogen-bond acceptors (Lipinski definition) is 3. The molecule has 1 aliphatic heterocycles. The highest BCUT2D eigenvalue weighted by Gasteiger charge is 2.26. The lowest BCUT2D eigenvalue weighted by atomic mass is 9.99. The molecule has 3 N–H and O–H groups in total. The number of aromatic amines is 1. The molecule has 2 aromatic carbocycles. The number of nitrogens with two attached hydrogens (primary N) is 1. The zero-order chi connectivity index (χ0) is 19.3. The van der Waals surface area contributed by atoms with E-state index in [9.17, 15) is 17.6 Å². The second kappa shape index (κ2) is 6.17. The molecule has 0 radical (unpaired) electrons. The molecule has 3 aromatic rings. The fraction of sp³-hybridized carbons (Fsp3) is 0.211. The number of halogens is 1. The second-order valence-electron chi connectivity index (χ2n) is 6.77. The van der Waals surface area contributed by atoms with E-state index in [1.54, 1.807) is 24.0 Å². The SMILES string of the molecule is Cc1[nH]c2ccc(F)cc2c1C(=O)N1CCc2ccc(S(N)(=O)=O)cc2C1. The third-order valence-corrected chi connectivity index (χ3v) is 5.88. The molecule has 1 aromatic heterocycles. The van der Waals surface area contributed by atoms with Gasteiger partial charge >= 0.3 is 0 Å². The molecule has 0 fully saturated rings. The van der Waals surface area contributed by atoms with Gasteiger partial charge in [-0.1, -0.05) is 6.07 Å². The first-order valence-electron chi connectivity index (χ1n) is 8.46. The van der Waals surface area contributed by atoms with Crippen molar-refractivity contribution in [2.24, 2.45) is 5.14 Å². The number of aryl methyl sites for hydroxylation is 1. The first kappa shape index (κ1) is 17.7. The summed E-state index contributed by atoms with van der Waals surface area (Å²) in [5, 5.41) is 5.75. The Morgan fingerprint density at radius 2 is 1.96 bits per heavy atom. The summed E-state index contributed by atoms with van der Waals surface area (Å²) in [5.74, 6) is -0.617. The molecule has 1 aliphatic rings. The molecule has 2 heterocycles. The normalized spacial score (nSPS) is 14.4. The van der Waals surface area contributed by atoms with E-state index in [4.69, 9.17) is 5.14 Å². The van der Waals surface area contributed by atoms with Crippen LogP contribution in [0.2, 0.25) is 0 Å². The maximum Gasteiger partial charge on any atom is 0.256 e. The number of benzene rings is 2. The van der Waals surface area contributed by atoms with Crippen LogP contribution in [0.25, 0.3) is 10.9 Å². The molecule has 140 valence electrons. The van der Waals surface area contributed by atoms with Crippen molar-refractivity contribution in [3.8, 4) is 0 Å². The summed E-state index contributed by atoms with van der Waals surface area (Å²) < 4.78 is 36.9. The standard InChI is InChI=1S/C19H18FN3O3S/c1-11-18(16-9-14(20)3-5-17(16)22-11)19(24)23-7-6-12-2-4-15(27(21,25)26)8-13(12)10-23/h2-5,8-9,22H,6-7,10H2,1H3,(H2,21,25,26). The molecule has 0 aliphatic carbocycles. The summed E-state index contributed by atoms with van der Waals surface area (Å²) in [6.45, 7) is 2.56. The fourth-order valence-corrected chi connectivity index (χ4v) is 4.18. The Morgan fingerprint density at radius 3 is 2.70 bits per heavy atom. The highest BCUT2D eigenvalue weighted by atomic mass is 32.2. The lowest BCUT2D eigenvalue weighted by Crippen LogP contribution is -2.36.